The molecule has 0 saturated carbocycles. The summed E-state index contributed by atoms with van der Waals surface area (Å²) >= 11 is 0. The minimum Gasteiger partial charge on any atom is -0.378 e. The fraction of sp³-hybridized carbons (Fsp3) is 0.154. The van der Waals surface area contributed by atoms with Gasteiger partial charge in [-0.2, -0.15) is 0 Å². The number of hydrogen-bond donors (Lipinski definition) is 0. The molecular weight excluding hydrogens is 370 g/mol. The van der Waals surface area contributed by atoms with Gasteiger partial charge < -0.3 is 4.90 Å². The standard InChI is InChI=1S/C26H25N3O/c1-18-9-15-24(19(2)17-18)29-25(27-23-8-6-5-7-22(23)26(29)30)16-12-20-10-13-21(14-11-20)28(3)4/h5-17H,1-4H3. The van der Waals surface area contributed by atoms with E-state index in [-0.39, 0.29) is 5.56 Å². The zero-order valence-corrected chi connectivity index (χ0v) is 17.8. The number of fused-ring (bicyclic) bond motifs is 1. The van der Waals surface area contributed by atoms with Gasteiger partial charge in [0, 0.05) is 19.8 Å². The molecule has 0 amide bonds. The van der Waals surface area contributed by atoms with Crippen LogP contribution in [0, 0.1) is 13.8 Å². The van der Waals surface area contributed by atoms with Gasteiger partial charge in [-0.05, 0) is 61.4 Å². The first-order valence-corrected chi connectivity index (χ1v) is 9.99. The highest BCUT2D eigenvalue weighted by molar-refractivity contribution is 5.80. The van der Waals surface area contributed by atoms with Crippen molar-refractivity contribution in [2.75, 3.05) is 19.0 Å². The first-order valence-electron chi connectivity index (χ1n) is 9.99. The molecule has 0 radical (unpaired) electrons. The highest BCUT2D eigenvalue weighted by atomic mass is 16.1. The number of anilines is 1. The van der Waals surface area contributed by atoms with Crippen LogP contribution in [-0.2, 0) is 0 Å². The van der Waals surface area contributed by atoms with Crippen molar-refractivity contribution in [1.29, 1.82) is 0 Å². The Bertz CT molecular complexity index is 1300. The summed E-state index contributed by atoms with van der Waals surface area (Å²) in [5.74, 6) is 0.613. The first-order chi connectivity index (χ1) is 14.4. The minimum atomic E-state index is -0.0600. The Morgan fingerprint density at radius 3 is 2.33 bits per heavy atom. The third kappa shape index (κ3) is 3.77. The largest absolute Gasteiger partial charge is 0.378 e. The van der Waals surface area contributed by atoms with Gasteiger partial charge in [-0.15, -0.1) is 0 Å². The Labute approximate surface area is 176 Å². The van der Waals surface area contributed by atoms with Crippen LogP contribution < -0.4 is 10.5 Å². The van der Waals surface area contributed by atoms with E-state index >= 15 is 0 Å². The number of nitrogens with zero attached hydrogens (tertiary/aromatic N) is 3. The predicted molar refractivity (Wildman–Crippen MR) is 127 cm³/mol. The van der Waals surface area contributed by atoms with Gasteiger partial charge in [-0.3, -0.25) is 9.36 Å². The molecule has 0 fully saturated rings. The Morgan fingerprint density at radius 1 is 0.900 bits per heavy atom. The number of para-hydroxylation sites is 1. The Balaban J connectivity index is 1.88. The van der Waals surface area contributed by atoms with E-state index in [9.17, 15) is 4.79 Å². The first kappa shape index (κ1) is 19.6. The minimum absolute atomic E-state index is 0.0600. The average Bonchev–Trinajstić information content (AvgIpc) is 2.73. The lowest BCUT2D eigenvalue weighted by atomic mass is 10.1. The summed E-state index contributed by atoms with van der Waals surface area (Å²) in [7, 11) is 4.04. The van der Waals surface area contributed by atoms with Gasteiger partial charge in [0.05, 0.1) is 16.6 Å². The summed E-state index contributed by atoms with van der Waals surface area (Å²) in [6, 6.07) is 21.9. The van der Waals surface area contributed by atoms with Crippen molar-refractivity contribution < 1.29 is 0 Å². The molecule has 0 saturated heterocycles. The molecule has 4 heteroatoms. The van der Waals surface area contributed by atoms with Gasteiger partial charge in [0.15, 0.2) is 0 Å². The van der Waals surface area contributed by atoms with Crippen molar-refractivity contribution in [2.24, 2.45) is 0 Å². The van der Waals surface area contributed by atoms with Crippen molar-refractivity contribution in [2.45, 2.75) is 13.8 Å². The maximum Gasteiger partial charge on any atom is 0.266 e. The van der Waals surface area contributed by atoms with Crippen molar-refractivity contribution >= 4 is 28.7 Å². The molecular formula is C26H25N3O. The molecule has 0 aliphatic heterocycles. The van der Waals surface area contributed by atoms with Gasteiger partial charge in [0.25, 0.3) is 5.56 Å². The summed E-state index contributed by atoms with van der Waals surface area (Å²) in [4.78, 5) is 20.3. The molecule has 4 nitrogen and oxygen atoms in total. The van der Waals surface area contributed by atoms with Crippen LogP contribution in [0.4, 0.5) is 5.69 Å². The van der Waals surface area contributed by atoms with Crippen LogP contribution >= 0.6 is 0 Å². The quantitative estimate of drug-likeness (QED) is 0.474. The topological polar surface area (TPSA) is 38.1 Å². The lowest BCUT2D eigenvalue weighted by Crippen LogP contribution is -2.23. The SMILES string of the molecule is Cc1ccc(-n2c(C=Cc3ccc(N(C)C)cc3)nc3ccccc3c2=O)c(C)c1. The van der Waals surface area contributed by atoms with E-state index < -0.39 is 0 Å². The molecule has 0 atom stereocenters. The van der Waals surface area contributed by atoms with E-state index in [2.05, 4.69) is 42.2 Å². The molecule has 0 unspecified atom stereocenters. The molecule has 4 rings (SSSR count). The third-order valence-corrected chi connectivity index (χ3v) is 5.23. The van der Waals surface area contributed by atoms with Gasteiger partial charge in [0.2, 0.25) is 0 Å². The lowest BCUT2D eigenvalue weighted by molar-refractivity contribution is 0.933. The van der Waals surface area contributed by atoms with Crippen molar-refractivity contribution in [1.82, 2.24) is 9.55 Å². The molecule has 30 heavy (non-hydrogen) atoms. The molecule has 0 N–H and O–H groups in total. The maximum absolute atomic E-state index is 13.4. The van der Waals surface area contributed by atoms with Crippen molar-refractivity contribution in [3.63, 3.8) is 0 Å². The summed E-state index contributed by atoms with van der Waals surface area (Å²) in [5, 5.41) is 0.616. The van der Waals surface area contributed by atoms with Crippen molar-refractivity contribution in [3.8, 4) is 5.69 Å². The molecule has 150 valence electrons. The van der Waals surface area contributed by atoms with Gasteiger partial charge in [0.1, 0.15) is 5.82 Å². The van der Waals surface area contributed by atoms with Crippen LogP contribution in [0.15, 0.2) is 71.5 Å². The molecule has 1 aromatic heterocycles. The summed E-state index contributed by atoms with van der Waals surface area (Å²) in [5.41, 5.74) is 5.89. The van der Waals surface area contributed by atoms with E-state index in [4.69, 9.17) is 4.98 Å². The van der Waals surface area contributed by atoms with E-state index in [0.29, 0.717) is 16.7 Å². The zero-order chi connectivity index (χ0) is 21.3. The molecule has 0 spiro atoms. The van der Waals surface area contributed by atoms with E-state index in [1.54, 1.807) is 4.57 Å². The zero-order valence-electron chi connectivity index (χ0n) is 17.8. The smallest absolute Gasteiger partial charge is 0.266 e. The fourth-order valence-electron chi connectivity index (χ4n) is 3.61. The number of aromatic nitrogens is 2. The van der Waals surface area contributed by atoms with Crippen LogP contribution in [0.2, 0.25) is 0 Å². The second-order valence-electron chi connectivity index (χ2n) is 7.74. The fourth-order valence-corrected chi connectivity index (χ4v) is 3.61. The monoisotopic (exact) mass is 395 g/mol. The van der Waals surface area contributed by atoms with E-state index in [0.717, 1.165) is 28.1 Å². The maximum atomic E-state index is 13.4. The third-order valence-electron chi connectivity index (χ3n) is 5.23. The van der Waals surface area contributed by atoms with Crippen LogP contribution in [0.3, 0.4) is 0 Å². The predicted octanol–water partition coefficient (Wildman–Crippen LogP) is 5.24. The second kappa shape index (κ2) is 7.99. The van der Waals surface area contributed by atoms with E-state index in [1.165, 1.54) is 0 Å². The molecule has 0 aliphatic carbocycles. The van der Waals surface area contributed by atoms with Crippen molar-refractivity contribution in [3.05, 3.63) is 99.6 Å². The average molecular weight is 396 g/mol. The number of benzene rings is 3. The highest BCUT2D eigenvalue weighted by Crippen LogP contribution is 2.20. The second-order valence-corrected chi connectivity index (χ2v) is 7.74. The Hall–Kier alpha value is -3.66. The van der Waals surface area contributed by atoms with Gasteiger partial charge >= 0.3 is 0 Å². The van der Waals surface area contributed by atoms with Crippen LogP contribution in [0.25, 0.3) is 28.7 Å². The lowest BCUT2D eigenvalue weighted by Gasteiger charge is -2.14. The Morgan fingerprint density at radius 2 is 1.63 bits per heavy atom. The van der Waals surface area contributed by atoms with E-state index in [1.807, 2.05) is 69.6 Å². The number of aryl methyl sites for hydroxylation is 2. The van der Waals surface area contributed by atoms with Gasteiger partial charge in [-0.25, -0.2) is 4.98 Å². The normalized spacial score (nSPS) is 11.3. The molecule has 3 aromatic carbocycles. The number of hydrogen-bond acceptors (Lipinski definition) is 3. The highest BCUT2D eigenvalue weighted by Gasteiger charge is 2.12. The molecule has 4 aromatic rings. The molecule has 0 bridgehead atoms. The summed E-state index contributed by atoms with van der Waals surface area (Å²) in [6.45, 7) is 4.08. The Kier molecular flexibility index (Phi) is 5.23. The molecule has 0 aliphatic rings. The van der Waals surface area contributed by atoms with Crippen LogP contribution in [-0.4, -0.2) is 23.6 Å². The summed E-state index contributed by atoms with van der Waals surface area (Å²) < 4.78 is 1.71. The summed E-state index contributed by atoms with van der Waals surface area (Å²) in [6.07, 6.45) is 3.91. The van der Waals surface area contributed by atoms with Gasteiger partial charge in [-0.1, -0.05) is 48.0 Å². The van der Waals surface area contributed by atoms with Crippen LogP contribution in [0.1, 0.15) is 22.5 Å². The number of rotatable bonds is 4. The molecule has 1 heterocycles. The van der Waals surface area contributed by atoms with Crippen LogP contribution in [0.5, 0.6) is 0 Å².